The van der Waals surface area contributed by atoms with Crippen LogP contribution in [0.25, 0.3) is 0 Å². The van der Waals surface area contributed by atoms with Gasteiger partial charge in [0.1, 0.15) is 12.4 Å². The summed E-state index contributed by atoms with van der Waals surface area (Å²) in [5.74, 6) is 0.183. The van der Waals surface area contributed by atoms with Gasteiger partial charge in [-0.05, 0) is 39.5 Å². The number of hydrogen-bond acceptors (Lipinski definition) is 3. The van der Waals surface area contributed by atoms with Crippen LogP contribution in [0.3, 0.4) is 0 Å². The molecule has 1 unspecified atom stereocenters. The van der Waals surface area contributed by atoms with Crippen molar-refractivity contribution >= 4 is 12.3 Å². The molecular weight excluding hydrogens is 204 g/mol. The fraction of sp³-hybridized carbons (Fsp3) is 0.846. The van der Waals surface area contributed by atoms with E-state index in [0.29, 0.717) is 12.3 Å². The smallest absolute Gasteiger partial charge is 0.311 e. The van der Waals surface area contributed by atoms with Crippen LogP contribution < -0.4 is 0 Å². The highest BCUT2D eigenvalue weighted by Crippen LogP contribution is 2.31. The number of aldehydes is 1. The third-order valence-electron chi connectivity index (χ3n) is 3.12. The Hall–Kier alpha value is -0.860. The molecule has 1 rings (SSSR count). The summed E-state index contributed by atoms with van der Waals surface area (Å²) in [6.07, 6.45) is 5.53. The van der Waals surface area contributed by atoms with Crippen molar-refractivity contribution in [2.24, 2.45) is 11.3 Å². The Morgan fingerprint density at radius 1 is 1.38 bits per heavy atom. The van der Waals surface area contributed by atoms with E-state index in [2.05, 4.69) is 0 Å². The van der Waals surface area contributed by atoms with Crippen molar-refractivity contribution in [3.63, 3.8) is 0 Å². The molecule has 0 aromatic rings. The van der Waals surface area contributed by atoms with Crippen LogP contribution in [0.2, 0.25) is 0 Å². The van der Waals surface area contributed by atoms with Gasteiger partial charge in [0.25, 0.3) is 0 Å². The monoisotopic (exact) mass is 226 g/mol. The molecule has 0 aromatic carbocycles. The lowest BCUT2D eigenvalue weighted by Crippen LogP contribution is -2.32. The Morgan fingerprint density at radius 3 is 2.38 bits per heavy atom. The average molecular weight is 226 g/mol. The fourth-order valence-corrected chi connectivity index (χ4v) is 2.08. The Balaban J connectivity index is 2.56. The van der Waals surface area contributed by atoms with Crippen molar-refractivity contribution in [1.82, 2.24) is 0 Å². The first kappa shape index (κ1) is 13.2. The molecule has 1 atom stereocenters. The van der Waals surface area contributed by atoms with Crippen LogP contribution in [0.5, 0.6) is 0 Å². The first-order chi connectivity index (χ1) is 7.45. The molecule has 92 valence electrons. The molecule has 0 amide bonds. The third-order valence-corrected chi connectivity index (χ3v) is 3.12. The summed E-state index contributed by atoms with van der Waals surface area (Å²) in [7, 11) is 0. The second-order valence-corrected chi connectivity index (χ2v) is 5.64. The van der Waals surface area contributed by atoms with E-state index in [4.69, 9.17) is 4.74 Å². The van der Waals surface area contributed by atoms with Crippen molar-refractivity contribution in [2.75, 3.05) is 0 Å². The van der Waals surface area contributed by atoms with Gasteiger partial charge in [-0.25, -0.2) is 0 Å². The van der Waals surface area contributed by atoms with E-state index in [0.717, 1.165) is 19.1 Å². The van der Waals surface area contributed by atoms with Crippen LogP contribution in [0, 0.1) is 11.3 Å². The lowest BCUT2D eigenvalue weighted by atomic mass is 9.95. The zero-order valence-electron chi connectivity index (χ0n) is 10.5. The van der Waals surface area contributed by atoms with E-state index in [1.807, 2.05) is 20.8 Å². The highest BCUT2D eigenvalue weighted by molar-refractivity contribution is 5.75. The lowest BCUT2D eigenvalue weighted by Gasteiger charge is -2.26. The van der Waals surface area contributed by atoms with E-state index >= 15 is 0 Å². The summed E-state index contributed by atoms with van der Waals surface area (Å²) in [5, 5.41) is 0. The van der Waals surface area contributed by atoms with Gasteiger partial charge in [-0.3, -0.25) is 4.79 Å². The van der Waals surface area contributed by atoms with Crippen LogP contribution >= 0.6 is 0 Å². The van der Waals surface area contributed by atoms with E-state index < -0.39 is 5.41 Å². The highest BCUT2D eigenvalue weighted by atomic mass is 16.5. The number of ether oxygens (including phenoxy) is 1. The molecule has 0 spiro atoms. The summed E-state index contributed by atoms with van der Waals surface area (Å²) < 4.78 is 5.47. The van der Waals surface area contributed by atoms with Crippen LogP contribution in [0.15, 0.2) is 0 Å². The van der Waals surface area contributed by atoms with E-state index in [1.165, 1.54) is 12.8 Å². The molecule has 1 fully saturated rings. The molecule has 0 bridgehead atoms. The van der Waals surface area contributed by atoms with Crippen molar-refractivity contribution in [2.45, 2.75) is 59.0 Å². The lowest BCUT2D eigenvalue weighted by molar-refractivity contribution is -0.161. The summed E-state index contributed by atoms with van der Waals surface area (Å²) in [5.41, 5.74) is -0.486. The molecule has 3 heteroatoms. The zero-order chi connectivity index (χ0) is 12.2. The van der Waals surface area contributed by atoms with Crippen LogP contribution in [0.1, 0.15) is 52.9 Å². The Kier molecular flexibility index (Phi) is 4.51. The van der Waals surface area contributed by atoms with Gasteiger partial charge >= 0.3 is 5.97 Å². The number of carbonyl (C=O) groups is 2. The first-order valence-corrected chi connectivity index (χ1v) is 6.10. The van der Waals surface area contributed by atoms with Crippen molar-refractivity contribution in [1.29, 1.82) is 0 Å². The summed E-state index contributed by atoms with van der Waals surface area (Å²) in [4.78, 5) is 22.4. The largest absolute Gasteiger partial charge is 0.461 e. The molecule has 0 saturated heterocycles. The van der Waals surface area contributed by atoms with Gasteiger partial charge in [0, 0.05) is 6.42 Å². The maximum atomic E-state index is 11.8. The van der Waals surface area contributed by atoms with Gasteiger partial charge in [-0.2, -0.15) is 0 Å². The molecule has 1 aliphatic carbocycles. The normalized spacial score (nSPS) is 19.4. The highest BCUT2D eigenvalue weighted by Gasteiger charge is 2.31. The molecule has 1 aliphatic rings. The van der Waals surface area contributed by atoms with Gasteiger partial charge in [-0.15, -0.1) is 0 Å². The standard InChI is InChI=1S/C13H22O3/c1-13(2,3)12(15)16-11(8-9-14)10-6-4-5-7-10/h9-11H,4-8H2,1-3H3. The number of rotatable bonds is 4. The third kappa shape index (κ3) is 3.62. The second kappa shape index (κ2) is 5.46. The molecular formula is C13H22O3. The predicted molar refractivity (Wildman–Crippen MR) is 62.0 cm³/mol. The molecule has 0 heterocycles. The minimum Gasteiger partial charge on any atom is -0.461 e. The number of carbonyl (C=O) groups excluding carboxylic acids is 2. The molecule has 0 N–H and O–H groups in total. The molecule has 3 nitrogen and oxygen atoms in total. The van der Waals surface area contributed by atoms with E-state index in [1.54, 1.807) is 0 Å². The fourth-order valence-electron chi connectivity index (χ4n) is 2.08. The second-order valence-electron chi connectivity index (χ2n) is 5.64. The molecule has 16 heavy (non-hydrogen) atoms. The van der Waals surface area contributed by atoms with Gasteiger partial charge < -0.3 is 9.53 Å². The topological polar surface area (TPSA) is 43.4 Å². The van der Waals surface area contributed by atoms with Crippen LogP contribution in [-0.2, 0) is 14.3 Å². The van der Waals surface area contributed by atoms with Gasteiger partial charge in [0.15, 0.2) is 0 Å². The maximum Gasteiger partial charge on any atom is 0.311 e. The number of hydrogen-bond donors (Lipinski definition) is 0. The SMILES string of the molecule is CC(C)(C)C(=O)OC(CC=O)C1CCCC1. The van der Waals surface area contributed by atoms with Crippen LogP contribution in [-0.4, -0.2) is 18.4 Å². The van der Waals surface area contributed by atoms with Gasteiger partial charge in [0.05, 0.1) is 5.41 Å². The van der Waals surface area contributed by atoms with Gasteiger partial charge in [0.2, 0.25) is 0 Å². The Morgan fingerprint density at radius 2 is 1.94 bits per heavy atom. The quantitative estimate of drug-likeness (QED) is 0.547. The summed E-state index contributed by atoms with van der Waals surface area (Å²) >= 11 is 0. The summed E-state index contributed by atoms with van der Waals surface area (Å²) in [6, 6.07) is 0. The Labute approximate surface area is 97.5 Å². The van der Waals surface area contributed by atoms with Crippen molar-refractivity contribution in [3.05, 3.63) is 0 Å². The molecule has 0 radical (unpaired) electrons. The van der Waals surface area contributed by atoms with Crippen LogP contribution in [0.4, 0.5) is 0 Å². The predicted octanol–water partition coefficient (Wildman–Crippen LogP) is 2.72. The van der Waals surface area contributed by atoms with E-state index in [-0.39, 0.29) is 12.1 Å². The number of esters is 1. The van der Waals surface area contributed by atoms with Gasteiger partial charge in [-0.1, -0.05) is 12.8 Å². The zero-order valence-corrected chi connectivity index (χ0v) is 10.5. The molecule has 0 aliphatic heterocycles. The van der Waals surface area contributed by atoms with E-state index in [9.17, 15) is 9.59 Å². The van der Waals surface area contributed by atoms with Crippen molar-refractivity contribution < 1.29 is 14.3 Å². The summed E-state index contributed by atoms with van der Waals surface area (Å²) in [6.45, 7) is 5.51. The minimum atomic E-state index is -0.486. The minimum absolute atomic E-state index is 0.202. The maximum absolute atomic E-state index is 11.8. The molecule has 1 saturated carbocycles. The average Bonchev–Trinajstić information content (AvgIpc) is 2.68. The van der Waals surface area contributed by atoms with Crippen molar-refractivity contribution in [3.8, 4) is 0 Å². The first-order valence-electron chi connectivity index (χ1n) is 6.10. The Bertz CT molecular complexity index is 246. The molecule has 0 aromatic heterocycles.